The molecule has 0 aromatic carbocycles. The molecule has 0 amide bonds. The monoisotopic (exact) mass is 847 g/mol. The Labute approximate surface area is 503 Å². The fourth-order valence-electron chi connectivity index (χ4n) is 4.63. The molecule has 0 aromatic rings. The topological polar surface area (TPSA) is 9.23 Å². The van der Waals surface area contributed by atoms with E-state index >= 15 is 0 Å². The normalized spacial score (nSPS) is 7.79. The molecule has 0 rings (SSSR count). The van der Waals surface area contributed by atoms with Crippen LogP contribution in [0.4, 0.5) is 0 Å². The average Bonchev–Trinajstić information content (AvgIpc) is 3.43. The van der Waals surface area contributed by atoms with Gasteiger partial charge in [-0.25, -0.2) is 0 Å². The third kappa shape index (κ3) is 78.6. The summed E-state index contributed by atoms with van der Waals surface area (Å²) in [6.45, 7) is 143. The third-order valence-electron chi connectivity index (χ3n) is 8.13. The molecule has 1 nitrogen and oxygen atoms in total. The molecule has 0 unspecified atom stereocenters. The summed E-state index contributed by atoms with van der Waals surface area (Å²) in [5.41, 5.74) is 0. The molecule has 236 valence electrons. The van der Waals surface area contributed by atoms with Crippen LogP contribution in [0.15, 0.2) is 0 Å². The first kappa shape index (κ1) is 80.6. The summed E-state index contributed by atoms with van der Waals surface area (Å²) < 4.78 is 4.82. The van der Waals surface area contributed by atoms with Crippen LogP contribution in [0.1, 0.15) is 0 Å². The Morgan fingerprint density at radius 3 is 0.289 bits per heavy atom. The van der Waals surface area contributed by atoms with E-state index in [1.807, 2.05) is 475 Å². The van der Waals surface area contributed by atoms with Gasteiger partial charge in [-0.05, 0) is 0 Å². The first-order chi connectivity index (χ1) is 37.9. The van der Waals surface area contributed by atoms with Crippen LogP contribution in [0.25, 0.3) is 0 Å². The Morgan fingerprint density at radius 2 is 0.211 bits per heavy atom. The zero-order valence-corrected chi connectivity index (χ0v) is 44.3. The minimum atomic E-state index is 1.62. The van der Waals surface area contributed by atoms with Crippen molar-refractivity contribution in [3.05, 3.63) is 0 Å². The summed E-state index contributed by atoms with van der Waals surface area (Å²) in [7, 11) is 6.88. The molecule has 0 aliphatic heterocycles. The van der Waals surface area contributed by atoms with Crippen LogP contribution in [-0.2, 0) is 4.65 Å². The SMILES string of the molecule is B=BB=BB=BB=BB=BB=BB=BB=BB=BB=BB=BB=BB=BB=BB=BB=BB=BB=BB=BB=BB=BB=BB=BB=BB=BB=BB=BB=BB=BB=BB=BB=BB=BB=BB=BB=BB=BOC. The Hall–Kier alpha value is 4.61. The molecule has 76 heavy (non-hydrogen) atoms. The first-order valence-electron chi connectivity index (χ1n) is 25.1. The van der Waals surface area contributed by atoms with Crippen molar-refractivity contribution in [3.63, 3.8) is 0 Å². The van der Waals surface area contributed by atoms with Gasteiger partial charge in [0.05, 0.1) is 0 Å². The van der Waals surface area contributed by atoms with Gasteiger partial charge in [-0.15, -0.1) is 0 Å². The molecule has 0 N–H and O–H groups in total. The van der Waals surface area contributed by atoms with Crippen molar-refractivity contribution in [1.82, 2.24) is 0 Å². The van der Waals surface area contributed by atoms with Gasteiger partial charge in [0.25, 0.3) is 0 Å². The molecule has 0 aliphatic rings. The van der Waals surface area contributed by atoms with E-state index in [0.717, 1.165) is 0 Å². The van der Waals surface area contributed by atoms with Gasteiger partial charge < -0.3 is 0 Å². The van der Waals surface area contributed by atoms with E-state index in [-0.39, 0.29) is 0 Å². The predicted molar refractivity (Wildman–Crippen MR) is 434 cm³/mol. The Kier molecular flexibility index (Phi) is 84.4. The van der Waals surface area contributed by atoms with Crippen LogP contribution in [-0.4, -0.2) is 503 Å². The Morgan fingerprint density at radius 1 is 0.132 bits per heavy atom. The summed E-state index contributed by atoms with van der Waals surface area (Å²) >= 11 is 0. The second kappa shape index (κ2) is 79.6. The average molecular weight is 832 g/mol. The zero-order valence-electron chi connectivity index (χ0n) is 44.3. The maximum absolute atomic E-state index is 4.82. The molecule has 0 bridgehead atoms. The van der Waals surface area contributed by atoms with Crippen molar-refractivity contribution in [1.29, 1.82) is 0 Å². The fraction of sp³-hybridized carbons (Fsp3) is 1.00. The quantitative estimate of drug-likeness (QED) is 0.0567. The molecular weight excluding hydrogens is 828 g/mol. The van der Waals surface area contributed by atoms with E-state index in [0.29, 0.717) is 0 Å². The van der Waals surface area contributed by atoms with Crippen molar-refractivity contribution < 1.29 is 4.65 Å². The van der Waals surface area contributed by atoms with Crippen molar-refractivity contribution in [2.75, 3.05) is 7.11 Å². The maximum atomic E-state index is 4.82. The van der Waals surface area contributed by atoms with Gasteiger partial charge >= 0.3 is 508 Å². The van der Waals surface area contributed by atoms with Gasteiger partial charge in [-0.1, -0.05) is 0 Å². The number of rotatable bonds is 37. The van der Waals surface area contributed by atoms with Crippen molar-refractivity contribution in [2.45, 2.75) is 0 Å². The molecule has 0 spiro atoms. The van der Waals surface area contributed by atoms with Crippen molar-refractivity contribution in [3.8, 4) is 0 Å². The van der Waals surface area contributed by atoms with Crippen LogP contribution >= 0.6 is 0 Å². The van der Waals surface area contributed by atoms with Crippen LogP contribution < -0.4 is 0 Å². The second-order valence-corrected chi connectivity index (χ2v) is 14.3. The molecule has 0 fully saturated rings. The third-order valence-corrected chi connectivity index (χ3v) is 8.13. The van der Waals surface area contributed by atoms with Gasteiger partial charge in [0.1, 0.15) is 0 Å². The number of hydrogen-bond acceptors (Lipinski definition) is 1. The van der Waals surface area contributed by atoms with E-state index in [1.165, 1.54) is 0 Å². The summed E-state index contributed by atoms with van der Waals surface area (Å²) in [5, 5.41) is 0. The number of hydrogen-bond donors (Lipinski definition) is 0. The molecule has 0 aromatic heterocycles. The molecule has 0 saturated carbocycles. The van der Waals surface area contributed by atoms with Gasteiger partial charge in [-0.2, -0.15) is 0 Å². The van der Waals surface area contributed by atoms with Gasteiger partial charge in [0.15, 0.2) is 0 Å². The van der Waals surface area contributed by atoms with Crippen LogP contribution in [0, 0.1) is 0 Å². The Balaban J connectivity index is 4.10. The fourth-order valence-corrected chi connectivity index (χ4v) is 4.63. The van der Waals surface area contributed by atoms with Gasteiger partial charge in [0.2, 0.25) is 0 Å². The molecule has 0 heterocycles. The van der Waals surface area contributed by atoms with Crippen molar-refractivity contribution >= 4 is 496 Å². The van der Waals surface area contributed by atoms with Crippen molar-refractivity contribution in [2.24, 2.45) is 0 Å². The standard InChI is InChI=1S/CH4B74O/c1-76-75-74-73-72-71-70-69-68-67-66-65-64-63-62-61-60-59-58-57-56-55-54-53-52-51-50-49-48-47-46-45-44-43-42-41-40-39-38-37-36-35-34-33-32-31-30-29-28-27-26-25-24-23-22-21-20-19-18-17-16-15-14-13-12-11-10-9-8-7-6-5-4-3-2/h2H,1H3. The van der Waals surface area contributed by atoms with Crippen LogP contribution in [0.3, 0.4) is 0 Å². The summed E-state index contributed by atoms with van der Waals surface area (Å²) in [6.07, 6.45) is 0. The van der Waals surface area contributed by atoms with E-state index in [4.69, 9.17) is 4.65 Å². The van der Waals surface area contributed by atoms with Gasteiger partial charge in [0, 0.05) is 0 Å². The molecule has 0 atom stereocenters. The Bertz CT molecular complexity index is 2640. The molecule has 0 radical (unpaired) electrons. The molecular formula is CH4B74O. The molecule has 0 aliphatic carbocycles. The predicted octanol–water partition coefficient (Wildman–Crippen LogP) is -28.3. The second-order valence-electron chi connectivity index (χ2n) is 14.3. The molecule has 75 heteroatoms. The van der Waals surface area contributed by atoms with Gasteiger partial charge in [-0.3, -0.25) is 0 Å². The summed E-state index contributed by atoms with van der Waals surface area (Å²) in [4.78, 5) is 0. The summed E-state index contributed by atoms with van der Waals surface area (Å²) in [5.74, 6) is 0. The zero-order chi connectivity index (χ0) is 54.3. The summed E-state index contributed by atoms with van der Waals surface area (Å²) in [6, 6.07) is 0. The van der Waals surface area contributed by atoms with Crippen LogP contribution in [0.2, 0.25) is 0 Å². The van der Waals surface area contributed by atoms with E-state index in [2.05, 4.69) is 7.37 Å². The molecule has 0 saturated heterocycles. The van der Waals surface area contributed by atoms with E-state index in [9.17, 15) is 0 Å². The minimum absolute atomic E-state index is 1.62. The van der Waals surface area contributed by atoms with E-state index < -0.39 is 0 Å². The van der Waals surface area contributed by atoms with Crippen LogP contribution in [0.5, 0.6) is 0 Å². The first-order valence-corrected chi connectivity index (χ1v) is 25.1. The van der Waals surface area contributed by atoms with E-state index in [1.54, 1.807) is 20.8 Å².